The van der Waals surface area contributed by atoms with Crippen LogP contribution in [-0.2, 0) is 14.8 Å². The number of nitrogens with zero attached hydrogens (tertiary/aromatic N) is 1. The number of halogens is 1. The van der Waals surface area contributed by atoms with Crippen molar-refractivity contribution >= 4 is 33.2 Å². The van der Waals surface area contributed by atoms with E-state index in [2.05, 4.69) is 11.9 Å². The van der Waals surface area contributed by atoms with Crippen LogP contribution in [0.3, 0.4) is 0 Å². The fourth-order valence-electron chi connectivity index (χ4n) is 2.38. The van der Waals surface area contributed by atoms with Gasteiger partial charge in [0, 0.05) is 11.6 Å². The van der Waals surface area contributed by atoms with Gasteiger partial charge in [0.2, 0.25) is 5.91 Å². The van der Waals surface area contributed by atoms with Crippen molar-refractivity contribution in [1.29, 1.82) is 0 Å². The van der Waals surface area contributed by atoms with Crippen molar-refractivity contribution in [2.24, 2.45) is 0 Å². The number of anilines is 1. The molecule has 0 bridgehead atoms. The maximum absolute atomic E-state index is 13.2. The molecule has 2 aromatic carbocycles. The molecular weight excluding hydrogens is 372 g/mol. The van der Waals surface area contributed by atoms with E-state index < -0.39 is 15.9 Å². The minimum atomic E-state index is -3.94. The number of amides is 1. The Kier molecular flexibility index (Phi) is 6.45. The van der Waals surface area contributed by atoms with Gasteiger partial charge in [0.1, 0.15) is 6.54 Å². The first-order chi connectivity index (χ1) is 12.3. The van der Waals surface area contributed by atoms with Crippen LogP contribution in [0.1, 0.15) is 11.1 Å². The average molecular weight is 393 g/mol. The molecule has 0 unspecified atom stereocenters. The van der Waals surface area contributed by atoms with Crippen LogP contribution < -0.4 is 9.62 Å². The van der Waals surface area contributed by atoms with Crippen LogP contribution in [-0.4, -0.2) is 27.4 Å². The van der Waals surface area contributed by atoms with E-state index in [9.17, 15) is 13.2 Å². The number of nitrogens with one attached hydrogen (secondary N) is 1. The lowest BCUT2D eigenvalue weighted by Crippen LogP contribution is -2.41. The van der Waals surface area contributed by atoms with Crippen LogP contribution in [0.5, 0.6) is 0 Å². The van der Waals surface area contributed by atoms with Crippen molar-refractivity contribution in [2.75, 3.05) is 17.4 Å². The van der Waals surface area contributed by atoms with Gasteiger partial charge in [-0.05, 0) is 43.7 Å². The van der Waals surface area contributed by atoms with Crippen LogP contribution in [0.25, 0.3) is 0 Å². The molecule has 0 fully saturated rings. The van der Waals surface area contributed by atoms with E-state index in [0.29, 0.717) is 16.3 Å². The third kappa shape index (κ3) is 4.45. The summed E-state index contributed by atoms with van der Waals surface area (Å²) in [4.78, 5) is 12.3. The first kappa shape index (κ1) is 20.0. The second-order valence-electron chi connectivity index (χ2n) is 5.80. The average Bonchev–Trinajstić information content (AvgIpc) is 2.61. The highest BCUT2D eigenvalue weighted by molar-refractivity contribution is 7.92. The van der Waals surface area contributed by atoms with E-state index in [-0.39, 0.29) is 18.0 Å². The number of rotatable bonds is 7. The minimum absolute atomic E-state index is 0.110. The van der Waals surface area contributed by atoms with Crippen molar-refractivity contribution in [1.82, 2.24) is 5.32 Å². The molecule has 0 aliphatic carbocycles. The minimum Gasteiger partial charge on any atom is -0.351 e. The number of aryl methyl sites for hydroxylation is 1. The highest BCUT2D eigenvalue weighted by Gasteiger charge is 2.28. The topological polar surface area (TPSA) is 66.5 Å². The van der Waals surface area contributed by atoms with Crippen LogP contribution in [0, 0.1) is 13.8 Å². The maximum Gasteiger partial charge on any atom is 0.264 e. The molecule has 7 heteroatoms. The van der Waals surface area contributed by atoms with Gasteiger partial charge in [-0.25, -0.2) is 8.42 Å². The Bertz CT molecular complexity index is 909. The number of benzene rings is 2. The zero-order valence-corrected chi connectivity index (χ0v) is 16.3. The first-order valence-electron chi connectivity index (χ1n) is 7.99. The molecule has 0 saturated heterocycles. The highest BCUT2D eigenvalue weighted by atomic mass is 35.5. The maximum atomic E-state index is 13.2. The normalized spacial score (nSPS) is 11.0. The number of hydrogen-bond acceptors (Lipinski definition) is 3. The molecule has 2 rings (SSSR count). The van der Waals surface area contributed by atoms with Gasteiger partial charge in [-0.2, -0.15) is 0 Å². The zero-order chi connectivity index (χ0) is 19.3. The largest absolute Gasteiger partial charge is 0.351 e. The van der Waals surface area contributed by atoms with Gasteiger partial charge in [-0.15, -0.1) is 6.58 Å². The van der Waals surface area contributed by atoms with E-state index in [4.69, 9.17) is 11.6 Å². The number of hydrogen-bond donors (Lipinski definition) is 1. The van der Waals surface area contributed by atoms with Crippen molar-refractivity contribution in [3.05, 3.63) is 71.3 Å². The molecule has 0 aromatic heterocycles. The Labute approximate surface area is 159 Å². The molecule has 0 saturated carbocycles. The summed E-state index contributed by atoms with van der Waals surface area (Å²) in [5, 5.41) is 3.03. The van der Waals surface area contributed by atoms with Gasteiger partial charge in [-0.3, -0.25) is 9.10 Å². The third-order valence-corrected chi connectivity index (χ3v) is 6.03. The number of carbonyl (C=O) groups excluding carboxylic acids is 1. The Hall–Kier alpha value is -2.31. The molecule has 0 atom stereocenters. The summed E-state index contributed by atoms with van der Waals surface area (Å²) >= 11 is 6.16. The van der Waals surface area contributed by atoms with Gasteiger partial charge in [0.05, 0.1) is 10.6 Å². The summed E-state index contributed by atoms with van der Waals surface area (Å²) in [6, 6.07) is 11.5. The molecule has 1 amide bonds. The fourth-order valence-corrected chi connectivity index (χ4v) is 4.02. The van der Waals surface area contributed by atoms with E-state index in [0.717, 1.165) is 9.87 Å². The van der Waals surface area contributed by atoms with Gasteiger partial charge in [-0.1, -0.05) is 41.4 Å². The summed E-state index contributed by atoms with van der Waals surface area (Å²) in [5.41, 5.74) is 1.89. The highest BCUT2D eigenvalue weighted by Crippen LogP contribution is 2.30. The van der Waals surface area contributed by atoms with E-state index in [1.54, 1.807) is 37.3 Å². The Morgan fingerprint density at radius 1 is 1.19 bits per heavy atom. The zero-order valence-electron chi connectivity index (χ0n) is 14.7. The van der Waals surface area contributed by atoms with Gasteiger partial charge in [0.15, 0.2) is 0 Å². The monoisotopic (exact) mass is 392 g/mol. The third-order valence-electron chi connectivity index (χ3n) is 3.85. The van der Waals surface area contributed by atoms with Gasteiger partial charge in [0.25, 0.3) is 10.0 Å². The smallest absolute Gasteiger partial charge is 0.264 e. The summed E-state index contributed by atoms with van der Waals surface area (Å²) < 4.78 is 27.5. The van der Waals surface area contributed by atoms with Crippen molar-refractivity contribution in [2.45, 2.75) is 18.7 Å². The number of carbonyl (C=O) groups is 1. The van der Waals surface area contributed by atoms with Gasteiger partial charge < -0.3 is 5.32 Å². The standard InChI is InChI=1S/C19H21ClN2O3S/c1-4-12-21-19(23)13-22(18-7-5-6-17(20)15(18)3)26(24,25)16-10-8-14(2)9-11-16/h4-11H,1,12-13H2,2-3H3,(H,21,23). The quantitative estimate of drug-likeness (QED) is 0.734. The lowest BCUT2D eigenvalue weighted by Gasteiger charge is -2.26. The Morgan fingerprint density at radius 2 is 1.85 bits per heavy atom. The van der Waals surface area contributed by atoms with Crippen LogP contribution >= 0.6 is 11.6 Å². The lowest BCUT2D eigenvalue weighted by molar-refractivity contribution is -0.119. The van der Waals surface area contributed by atoms with Crippen LogP contribution in [0.2, 0.25) is 5.02 Å². The SMILES string of the molecule is C=CCNC(=O)CN(c1cccc(Cl)c1C)S(=O)(=O)c1ccc(C)cc1. The molecule has 0 spiro atoms. The molecule has 0 aliphatic heterocycles. The Morgan fingerprint density at radius 3 is 2.46 bits per heavy atom. The summed E-state index contributed by atoms with van der Waals surface area (Å²) in [5.74, 6) is -0.431. The van der Waals surface area contributed by atoms with E-state index in [1.165, 1.54) is 18.2 Å². The molecule has 0 aliphatic rings. The van der Waals surface area contributed by atoms with Crippen LogP contribution in [0.15, 0.2) is 60.0 Å². The molecule has 5 nitrogen and oxygen atoms in total. The molecule has 26 heavy (non-hydrogen) atoms. The van der Waals surface area contributed by atoms with Crippen molar-refractivity contribution < 1.29 is 13.2 Å². The first-order valence-corrected chi connectivity index (χ1v) is 9.81. The second-order valence-corrected chi connectivity index (χ2v) is 8.07. The number of sulfonamides is 1. The molecule has 138 valence electrons. The van der Waals surface area contributed by atoms with Gasteiger partial charge >= 0.3 is 0 Å². The fraction of sp³-hybridized carbons (Fsp3) is 0.211. The molecule has 2 aromatic rings. The Balaban J connectivity index is 2.52. The summed E-state index contributed by atoms with van der Waals surface area (Å²) in [6.07, 6.45) is 1.53. The molecule has 1 N–H and O–H groups in total. The predicted molar refractivity (Wildman–Crippen MR) is 105 cm³/mol. The lowest BCUT2D eigenvalue weighted by atomic mass is 10.2. The summed E-state index contributed by atoms with van der Waals surface area (Å²) in [7, 11) is -3.94. The van der Waals surface area contributed by atoms with Crippen LogP contribution in [0.4, 0.5) is 5.69 Å². The summed E-state index contributed by atoms with van der Waals surface area (Å²) in [6.45, 7) is 7.03. The van der Waals surface area contributed by atoms with Crippen molar-refractivity contribution in [3.63, 3.8) is 0 Å². The molecule has 0 heterocycles. The second kappa shape index (κ2) is 8.38. The predicted octanol–water partition coefficient (Wildman–Crippen LogP) is 3.45. The van der Waals surface area contributed by atoms with E-state index >= 15 is 0 Å². The van der Waals surface area contributed by atoms with Crippen molar-refractivity contribution in [3.8, 4) is 0 Å². The molecule has 0 radical (unpaired) electrons. The van der Waals surface area contributed by atoms with E-state index in [1.807, 2.05) is 6.92 Å². The molecular formula is C19H21ClN2O3S.